The van der Waals surface area contributed by atoms with Gasteiger partial charge in [0.05, 0.1) is 27.6 Å². The number of fused-ring (bicyclic) bond motifs is 14. The van der Waals surface area contributed by atoms with Gasteiger partial charge in [0.1, 0.15) is 11.3 Å². The Morgan fingerprint density at radius 2 is 0.797 bits per heavy atom. The smallest absolute Gasteiger partial charge is 0.200 e. The van der Waals surface area contributed by atoms with Crippen LogP contribution >= 0.6 is 0 Å². The van der Waals surface area contributed by atoms with Gasteiger partial charge in [-0.2, -0.15) is 0 Å². The molecule has 0 aliphatic carbocycles. The fraction of sp³-hybridized carbons (Fsp3) is 0. The Bertz CT molecular complexity index is 3840. The molecule has 8 aromatic carbocycles. The van der Waals surface area contributed by atoms with E-state index in [1.807, 2.05) is 6.07 Å². The largest absolute Gasteiger partial charge is 0.309 e. The SMILES string of the molecule is c1ccc(-c2nc3c(nc2-n2c4ccccc4c4cc(-c5ccc6c(c5)c5ccccc5n6-c5ccccc5)ccc42)nc2c4ccccc4c4ccccc4n32)cc1. The summed E-state index contributed by atoms with van der Waals surface area (Å²) in [4.78, 5) is 16.3. The lowest BCUT2D eigenvalue weighted by molar-refractivity contribution is 1.07. The fourth-order valence-corrected chi connectivity index (χ4v) is 9.44. The van der Waals surface area contributed by atoms with Crippen molar-refractivity contribution < 1.29 is 0 Å². The van der Waals surface area contributed by atoms with Crippen LogP contribution in [-0.2, 0) is 0 Å². The summed E-state index contributed by atoms with van der Waals surface area (Å²) in [7, 11) is 0. The van der Waals surface area contributed by atoms with E-state index in [1.165, 1.54) is 27.4 Å². The predicted molar refractivity (Wildman–Crippen MR) is 243 cm³/mol. The number of hydrogen-bond donors (Lipinski definition) is 0. The molecular weight excluding hydrogens is 721 g/mol. The maximum absolute atomic E-state index is 5.52. The van der Waals surface area contributed by atoms with Crippen LogP contribution in [-0.4, -0.2) is 28.5 Å². The topological polar surface area (TPSA) is 52.9 Å². The standard InChI is InChI=1S/C53H32N6/c1-3-15-33(16-4-1)49-52(56-50-53(54-49)59-46-26-14-9-20-38(46)37-19-7-8-23-41(37)51(59)55-50)58-45-25-13-11-22-40(45)43-32-35(28-30-48(43)58)34-27-29-47-42(31-34)39-21-10-12-24-44(39)57(47)36-17-5-2-6-18-36/h1-32H. The Labute approximate surface area is 337 Å². The molecule has 0 aliphatic heterocycles. The van der Waals surface area contributed by atoms with Gasteiger partial charge in [0.2, 0.25) is 0 Å². The molecule has 0 spiro atoms. The van der Waals surface area contributed by atoms with Gasteiger partial charge >= 0.3 is 0 Å². The van der Waals surface area contributed by atoms with Crippen LogP contribution in [0.3, 0.4) is 0 Å². The first-order valence-electron chi connectivity index (χ1n) is 20.0. The molecule has 0 atom stereocenters. The van der Waals surface area contributed by atoms with Crippen molar-refractivity contribution in [2.24, 2.45) is 0 Å². The summed E-state index contributed by atoms with van der Waals surface area (Å²) in [5, 5.41) is 8.16. The van der Waals surface area contributed by atoms with Crippen LogP contribution in [0.2, 0.25) is 0 Å². The third-order valence-electron chi connectivity index (χ3n) is 12.0. The van der Waals surface area contributed by atoms with Crippen molar-refractivity contribution in [2.75, 3.05) is 0 Å². The number of benzene rings is 8. The lowest BCUT2D eigenvalue weighted by Gasteiger charge is -2.13. The molecule has 0 unspecified atom stereocenters. The third kappa shape index (κ3) is 4.59. The lowest BCUT2D eigenvalue weighted by atomic mass is 10.0. The van der Waals surface area contributed by atoms with Crippen LogP contribution in [0.1, 0.15) is 0 Å². The quantitative estimate of drug-likeness (QED) is 0.168. The normalized spacial score (nSPS) is 12.1. The zero-order valence-corrected chi connectivity index (χ0v) is 31.7. The summed E-state index contributed by atoms with van der Waals surface area (Å²) >= 11 is 0. The molecule has 0 radical (unpaired) electrons. The van der Waals surface area contributed by atoms with Gasteiger partial charge in [0, 0.05) is 43.6 Å². The van der Waals surface area contributed by atoms with Gasteiger partial charge in [-0.3, -0.25) is 8.97 Å². The van der Waals surface area contributed by atoms with E-state index in [-0.39, 0.29) is 0 Å². The van der Waals surface area contributed by atoms with E-state index in [2.05, 4.69) is 202 Å². The van der Waals surface area contributed by atoms with Crippen LogP contribution in [0.15, 0.2) is 194 Å². The van der Waals surface area contributed by atoms with Crippen LogP contribution in [0.4, 0.5) is 0 Å². The highest BCUT2D eigenvalue weighted by Crippen LogP contribution is 2.40. The first-order chi connectivity index (χ1) is 29.3. The van der Waals surface area contributed by atoms with Crippen molar-refractivity contribution in [3.63, 3.8) is 0 Å². The molecule has 5 heterocycles. The molecule has 13 aromatic rings. The molecule has 0 aliphatic rings. The van der Waals surface area contributed by atoms with Crippen molar-refractivity contribution >= 4 is 82.2 Å². The zero-order chi connectivity index (χ0) is 38.6. The summed E-state index contributed by atoms with van der Waals surface area (Å²) < 4.78 is 6.82. The van der Waals surface area contributed by atoms with Crippen LogP contribution in [0.25, 0.3) is 116 Å². The molecule has 6 nitrogen and oxygen atoms in total. The number of nitrogens with zero attached hydrogens (tertiary/aromatic N) is 6. The maximum atomic E-state index is 5.52. The minimum absolute atomic E-state index is 0.603. The maximum Gasteiger partial charge on any atom is 0.200 e. The Morgan fingerprint density at radius 1 is 0.305 bits per heavy atom. The summed E-state index contributed by atoms with van der Waals surface area (Å²) in [6.45, 7) is 0. The molecule has 0 saturated carbocycles. The minimum atomic E-state index is 0.603. The number of aromatic nitrogens is 6. The molecule has 59 heavy (non-hydrogen) atoms. The van der Waals surface area contributed by atoms with Gasteiger partial charge in [-0.25, -0.2) is 15.0 Å². The highest BCUT2D eigenvalue weighted by atomic mass is 15.2. The molecule has 0 N–H and O–H groups in total. The molecule has 0 fully saturated rings. The van der Waals surface area contributed by atoms with Gasteiger partial charge in [0.15, 0.2) is 17.1 Å². The van der Waals surface area contributed by atoms with Crippen molar-refractivity contribution in [3.05, 3.63) is 194 Å². The van der Waals surface area contributed by atoms with E-state index in [9.17, 15) is 0 Å². The zero-order valence-electron chi connectivity index (χ0n) is 31.7. The van der Waals surface area contributed by atoms with Crippen molar-refractivity contribution in [3.8, 4) is 33.9 Å². The Morgan fingerprint density at radius 3 is 1.46 bits per heavy atom. The Balaban J connectivity index is 1.06. The molecule has 6 heteroatoms. The van der Waals surface area contributed by atoms with Gasteiger partial charge in [-0.05, 0) is 71.1 Å². The number of rotatable bonds is 4. The Kier molecular flexibility index (Phi) is 6.63. The van der Waals surface area contributed by atoms with E-state index in [0.29, 0.717) is 5.65 Å². The van der Waals surface area contributed by atoms with E-state index >= 15 is 0 Å². The van der Waals surface area contributed by atoms with Crippen LogP contribution in [0, 0.1) is 0 Å². The van der Waals surface area contributed by atoms with Crippen molar-refractivity contribution in [2.45, 2.75) is 0 Å². The first-order valence-corrected chi connectivity index (χ1v) is 20.0. The van der Waals surface area contributed by atoms with E-state index < -0.39 is 0 Å². The van der Waals surface area contributed by atoms with E-state index in [4.69, 9.17) is 15.0 Å². The van der Waals surface area contributed by atoms with Gasteiger partial charge in [-0.1, -0.05) is 140 Å². The second-order valence-electron chi connectivity index (χ2n) is 15.2. The average molecular weight is 753 g/mol. The van der Waals surface area contributed by atoms with Crippen LogP contribution in [0.5, 0.6) is 0 Å². The monoisotopic (exact) mass is 752 g/mol. The number of hydrogen-bond acceptors (Lipinski definition) is 3. The molecule has 0 bridgehead atoms. The number of para-hydroxylation sites is 4. The minimum Gasteiger partial charge on any atom is -0.309 e. The third-order valence-corrected chi connectivity index (χ3v) is 12.0. The summed E-state index contributed by atoms with van der Waals surface area (Å²) in [5.74, 6) is 0.745. The highest BCUT2D eigenvalue weighted by molar-refractivity contribution is 6.15. The molecule has 274 valence electrons. The summed E-state index contributed by atoms with van der Waals surface area (Å²) in [5.41, 5.74) is 13.0. The van der Waals surface area contributed by atoms with Gasteiger partial charge in [-0.15, -0.1) is 0 Å². The molecular formula is C53H32N6. The van der Waals surface area contributed by atoms with Gasteiger partial charge < -0.3 is 4.57 Å². The van der Waals surface area contributed by atoms with Crippen LogP contribution < -0.4 is 0 Å². The Hall–Kier alpha value is -8.09. The van der Waals surface area contributed by atoms with E-state index in [0.717, 1.165) is 83.1 Å². The average Bonchev–Trinajstić information content (AvgIpc) is 3.96. The highest BCUT2D eigenvalue weighted by Gasteiger charge is 2.23. The summed E-state index contributed by atoms with van der Waals surface area (Å²) in [6.07, 6.45) is 0. The molecule has 13 rings (SSSR count). The molecule has 5 aromatic heterocycles. The second kappa shape index (κ2) is 12.2. The number of imidazole rings is 1. The van der Waals surface area contributed by atoms with E-state index in [1.54, 1.807) is 0 Å². The first kappa shape index (κ1) is 32.0. The number of pyridine rings is 1. The van der Waals surface area contributed by atoms with Crippen molar-refractivity contribution in [1.82, 2.24) is 28.5 Å². The van der Waals surface area contributed by atoms with Gasteiger partial charge in [0.25, 0.3) is 0 Å². The molecule has 0 saturated heterocycles. The lowest BCUT2D eigenvalue weighted by Crippen LogP contribution is -2.04. The van der Waals surface area contributed by atoms with Crippen molar-refractivity contribution in [1.29, 1.82) is 0 Å². The summed E-state index contributed by atoms with van der Waals surface area (Å²) in [6, 6.07) is 69.0. The predicted octanol–water partition coefficient (Wildman–Crippen LogP) is 13.1. The molecule has 0 amide bonds. The fourth-order valence-electron chi connectivity index (χ4n) is 9.44. The second-order valence-corrected chi connectivity index (χ2v) is 15.2.